The Kier molecular flexibility index (Phi) is 6.02. The third-order valence-electron chi connectivity index (χ3n) is 3.84. The molecule has 2 heterocycles. The van der Waals surface area contributed by atoms with Crippen molar-refractivity contribution in [2.24, 2.45) is 0 Å². The minimum absolute atomic E-state index is 0.0954. The number of halogens is 1. The van der Waals surface area contributed by atoms with Crippen LogP contribution in [-0.4, -0.2) is 44.6 Å². The molecule has 0 saturated carbocycles. The Morgan fingerprint density at radius 2 is 2.11 bits per heavy atom. The molecule has 1 saturated heterocycles. The lowest BCUT2D eigenvalue weighted by Gasteiger charge is -2.12. The lowest BCUT2D eigenvalue weighted by Crippen LogP contribution is -2.39. The van der Waals surface area contributed by atoms with Gasteiger partial charge in [0.1, 0.15) is 12.4 Å². The Hall–Kier alpha value is -2.94. The van der Waals surface area contributed by atoms with Crippen LogP contribution in [0.25, 0.3) is 6.08 Å². The van der Waals surface area contributed by atoms with Gasteiger partial charge in [-0.1, -0.05) is 18.2 Å². The van der Waals surface area contributed by atoms with Crippen LogP contribution in [0.3, 0.4) is 0 Å². The first-order valence-electron chi connectivity index (χ1n) is 8.27. The number of amides is 3. The third kappa shape index (κ3) is 4.82. The summed E-state index contributed by atoms with van der Waals surface area (Å²) in [5, 5.41) is 2.13. The van der Waals surface area contributed by atoms with E-state index in [0.29, 0.717) is 31.3 Å². The molecule has 7 nitrogen and oxygen atoms in total. The van der Waals surface area contributed by atoms with E-state index < -0.39 is 22.9 Å². The highest BCUT2D eigenvalue weighted by Gasteiger charge is 2.36. The summed E-state index contributed by atoms with van der Waals surface area (Å²) < 4.78 is 15.6. The summed E-state index contributed by atoms with van der Waals surface area (Å²) >= 11 is 0.696. The van der Waals surface area contributed by atoms with Crippen LogP contribution in [-0.2, 0) is 16.1 Å². The van der Waals surface area contributed by atoms with E-state index in [1.165, 1.54) is 24.3 Å². The van der Waals surface area contributed by atoms with Crippen molar-refractivity contribution in [1.29, 1.82) is 0 Å². The molecule has 3 rings (SSSR count). The molecule has 1 aliphatic heterocycles. The van der Waals surface area contributed by atoms with Crippen LogP contribution in [0.1, 0.15) is 12.0 Å². The highest BCUT2D eigenvalue weighted by molar-refractivity contribution is 8.18. The molecular formula is C18H17FN4O3S. The molecule has 1 aliphatic rings. The smallest absolute Gasteiger partial charge is 0.294 e. The predicted octanol–water partition coefficient (Wildman–Crippen LogP) is 2.27. The molecule has 3 amide bonds. The van der Waals surface area contributed by atoms with E-state index in [2.05, 4.69) is 10.3 Å². The van der Waals surface area contributed by atoms with Gasteiger partial charge < -0.3 is 9.88 Å². The van der Waals surface area contributed by atoms with Gasteiger partial charge in [0.2, 0.25) is 5.91 Å². The first-order valence-corrected chi connectivity index (χ1v) is 9.08. The molecule has 0 spiro atoms. The Labute approximate surface area is 159 Å². The molecule has 0 radical (unpaired) electrons. The Morgan fingerprint density at radius 1 is 1.30 bits per heavy atom. The normalized spacial score (nSPS) is 15.6. The van der Waals surface area contributed by atoms with Crippen molar-refractivity contribution in [2.45, 2.75) is 13.0 Å². The molecule has 0 unspecified atom stereocenters. The quantitative estimate of drug-likeness (QED) is 0.581. The number of imide groups is 1. The summed E-state index contributed by atoms with van der Waals surface area (Å²) in [5.41, 5.74) is 0.215. The minimum atomic E-state index is -0.596. The average molecular weight is 388 g/mol. The maximum Gasteiger partial charge on any atom is 0.294 e. The van der Waals surface area contributed by atoms with Gasteiger partial charge in [-0.05, 0) is 30.3 Å². The highest BCUT2D eigenvalue weighted by atomic mass is 32.2. The van der Waals surface area contributed by atoms with Crippen LogP contribution >= 0.6 is 11.8 Å². The van der Waals surface area contributed by atoms with Crippen LogP contribution in [0, 0.1) is 5.82 Å². The lowest BCUT2D eigenvalue weighted by molar-refractivity contribution is -0.129. The summed E-state index contributed by atoms with van der Waals surface area (Å²) in [5.74, 6) is -1.50. The van der Waals surface area contributed by atoms with Crippen LogP contribution in [0.4, 0.5) is 9.18 Å². The van der Waals surface area contributed by atoms with Crippen molar-refractivity contribution >= 4 is 34.9 Å². The third-order valence-corrected chi connectivity index (χ3v) is 4.75. The zero-order valence-corrected chi connectivity index (χ0v) is 15.1. The molecule has 0 aliphatic carbocycles. The van der Waals surface area contributed by atoms with Crippen molar-refractivity contribution in [3.63, 3.8) is 0 Å². The first kappa shape index (κ1) is 18.8. The topological polar surface area (TPSA) is 84.3 Å². The number of nitrogens with zero attached hydrogens (tertiary/aromatic N) is 3. The molecular weight excluding hydrogens is 371 g/mol. The number of hydrogen-bond acceptors (Lipinski definition) is 5. The molecule has 9 heteroatoms. The summed E-state index contributed by atoms with van der Waals surface area (Å²) in [6.07, 6.45) is 7.20. The van der Waals surface area contributed by atoms with Crippen LogP contribution in [0.15, 0.2) is 47.9 Å². The van der Waals surface area contributed by atoms with Crippen molar-refractivity contribution in [3.05, 3.63) is 59.3 Å². The van der Waals surface area contributed by atoms with E-state index in [1.807, 2.05) is 10.8 Å². The Balaban J connectivity index is 1.52. The number of carbonyl (C=O) groups is 3. The fourth-order valence-corrected chi connectivity index (χ4v) is 3.31. The predicted molar refractivity (Wildman–Crippen MR) is 98.9 cm³/mol. The molecule has 0 atom stereocenters. The minimum Gasteiger partial charge on any atom is -0.354 e. The standard InChI is InChI=1S/C18H17FN4O3S/c19-14-5-2-1-4-13(14)10-15-17(25)23(18(26)27-15)11-16(24)21-6-3-8-22-9-7-20-12-22/h1-2,4-5,7,9-10,12H,3,6,8,11H2,(H,21,24). The van der Waals surface area contributed by atoms with Gasteiger partial charge in [0.05, 0.1) is 11.2 Å². The first-order chi connectivity index (χ1) is 13.0. The number of imidazole rings is 1. The second kappa shape index (κ2) is 8.63. The van der Waals surface area contributed by atoms with E-state index in [0.717, 1.165) is 4.90 Å². The van der Waals surface area contributed by atoms with Crippen LogP contribution in [0.2, 0.25) is 0 Å². The molecule has 0 bridgehead atoms. The van der Waals surface area contributed by atoms with Crippen LogP contribution < -0.4 is 5.32 Å². The van der Waals surface area contributed by atoms with Crippen molar-refractivity contribution in [3.8, 4) is 0 Å². The van der Waals surface area contributed by atoms with E-state index in [1.54, 1.807) is 18.6 Å². The van der Waals surface area contributed by atoms with E-state index in [-0.39, 0.29) is 17.0 Å². The van der Waals surface area contributed by atoms with E-state index in [9.17, 15) is 18.8 Å². The maximum absolute atomic E-state index is 13.7. The maximum atomic E-state index is 13.7. The number of aromatic nitrogens is 2. The van der Waals surface area contributed by atoms with Gasteiger partial charge in [-0.15, -0.1) is 0 Å². The average Bonchev–Trinajstić information content (AvgIpc) is 3.25. The number of aryl methyl sites for hydroxylation is 1. The number of thioether (sulfide) groups is 1. The van der Waals surface area contributed by atoms with Gasteiger partial charge in [-0.3, -0.25) is 19.3 Å². The number of hydrogen-bond donors (Lipinski definition) is 1. The molecule has 1 aromatic heterocycles. The summed E-state index contributed by atoms with van der Waals surface area (Å²) in [6.45, 7) is 0.760. The number of rotatable bonds is 7. The van der Waals surface area contributed by atoms with Crippen molar-refractivity contribution < 1.29 is 18.8 Å². The fourth-order valence-electron chi connectivity index (χ4n) is 2.48. The summed E-state index contributed by atoms with van der Waals surface area (Å²) in [6, 6.07) is 5.95. The summed E-state index contributed by atoms with van der Waals surface area (Å²) in [7, 11) is 0. The molecule has 1 aromatic carbocycles. The second-order valence-electron chi connectivity index (χ2n) is 5.79. The van der Waals surface area contributed by atoms with Crippen LogP contribution in [0.5, 0.6) is 0 Å². The molecule has 140 valence electrons. The zero-order valence-electron chi connectivity index (χ0n) is 14.3. The van der Waals surface area contributed by atoms with E-state index >= 15 is 0 Å². The van der Waals surface area contributed by atoms with Gasteiger partial charge in [-0.25, -0.2) is 9.37 Å². The Morgan fingerprint density at radius 3 is 2.85 bits per heavy atom. The molecule has 1 N–H and O–H groups in total. The lowest BCUT2D eigenvalue weighted by atomic mass is 10.2. The SMILES string of the molecule is O=C(CN1C(=O)SC(=Cc2ccccc2F)C1=O)NCCCn1ccnc1. The van der Waals surface area contributed by atoms with Gasteiger partial charge in [0.15, 0.2) is 0 Å². The number of benzene rings is 1. The highest BCUT2D eigenvalue weighted by Crippen LogP contribution is 2.32. The van der Waals surface area contributed by atoms with Crippen molar-refractivity contribution in [1.82, 2.24) is 19.8 Å². The second-order valence-corrected chi connectivity index (χ2v) is 6.79. The Bertz CT molecular complexity index is 882. The largest absolute Gasteiger partial charge is 0.354 e. The van der Waals surface area contributed by atoms with Gasteiger partial charge in [0, 0.05) is 31.0 Å². The number of carbonyl (C=O) groups excluding carboxylic acids is 3. The molecule has 2 aromatic rings. The van der Waals surface area contributed by atoms with Crippen molar-refractivity contribution in [2.75, 3.05) is 13.1 Å². The molecule has 27 heavy (non-hydrogen) atoms. The van der Waals surface area contributed by atoms with Gasteiger partial charge in [0.25, 0.3) is 11.1 Å². The monoisotopic (exact) mass is 388 g/mol. The summed E-state index contributed by atoms with van der Waals surface area (Å²) in [4.78, 5) is 41.3. The fraction of sp³-hybridized carbons (Fsp3) is 0.222. The number of nitrogens with one attached hydrogen (secondary N) is 1. The van der Waals surface area contributed by atoms with Gasteiger partial charge in [-0.2, -0.15) is 0 Å². The van der Waals surface area contributed by atoms with Gasteiger partial charge >= 0.3 is 0 Å². The zero-order chi connectivity index (χ0) is 19.2. The molecule has 1 fully saturated rings. The van der Waals surface area contributed by atoms with E-state index in [4.69, 9.17) is 0 Å².